The maximum atomic E-state index is 14.3. The maximum Gasteiger partial charge on any atom is 0.279 e. The number of amides is 1. The quantitative estimate of drug-likeness (QED) is 0.364. The maximum absolute atomic E-state index is 14.3. The van der Waals surface area contributed by atoms with Crippen molar-refractivity contribution in [3.8, 4) is 11.4 Å². The molecule has 12 heteroatoms. The fourth-order valence-electron chi connectivity index (χ4n) is 3.85. The summed E-state index contributed by atoms with van der Waals surface area (Å²) in [4.78, 5) is 38.8. The lowest BCUT2D eigenvalue weighted by atomic mass is 10.1. The van der Waals surface area contributed by atoms with Gasteiger partial charge in [-0.1, -0.05) is 0 Å². The van der Waals surface area contributed by atoms with E-state index in [0.29, 0.717) is 11.5 Å². The van der Waals surface area contributed by atoms with Gasteiger partial charge in [0.05, 0.1) is 17.3 Å². The van der Waals surface area contributed by atoms with Crippen molar-refractivity contribution in [3.05, 3.63) is 48.6 Å². The summed E-state index contributed by atoms with van der Waals surface area (Å²) in [5, 5.41) is 2.93. The standard InChI is InChI=1S/C21H21FN10O/c22-12-8-27-20-15(12)16(28-10-29-20)13-9-26-18(24)17(30-13)21(33)31-19-14(2-1-5-25-19)32-6-3-11(23)4-7-32/h1-2,5,8-11H,3-4,6-7,23H2,(H2,24,26)(H,25,31,33)(H,27,28,29). The first-order valence-electron chi connectivity index (χ1n) is 10.4. The van der Waals surface area contributed by atoms with E-state index in [2.05, 4.69) is 40.1 Å². The molecule has 1 aliphatic heterocycles. The molecule has 0 aliphatic carbocycles. The van der Waals surface area contributed by atoms with Crippen molar-refractivity contribution in [1.29, 1.82) is 0 Å². The number of rotatable bonds is 4. The number of anilines is 3. The topological polar surface area (TPSA) is 165 Å². The lowest BCUT2D eigenvalue weighted by molar-refractivity contribution is 0.102. The van der Waals surface area contributed by atoms with E-state index >= 15 is 0 Å². The van der Waals surface area contributed by atoms with Crippen LogP contribution in [0.1, 0.15) is 23.3 Å². The van der Waals surface area contributed by atoms with E-state index in [1.54, 1.807) is 12.3 Å². The van der Waals surface area contributed by atoms with Crippen LogP contribution < -0.4 is 21.7 Å². The van der Waals surface area contributed by atoms with Crippen LogP contribution in [-0.4, -0.2) is 54.9 Å². The molecule has 11 nitrogen and oxygen atoms in total. The summed E-state index contributed by atoms with van der Waals surface area (Å²) in [5.74, 6) is -0.817. The van der Waals surface area contributed by atoms with Gasteiger partial charge in [-0.2, -0.15) is 0 Å². The minimum Gasteiger partial charge on any atom is -0.382 e. The monoisotopic (exact) mass is 448 g/mol. The Labute approximate surface area is 187 Å². The van der Waals surface area contributed by atoms with Crippen molar-refractivity contribution >= 4 is 34.3 Å². The number of nitrogens with two attached hydrogens (primary N) is 2. The van der Waals surface area contributed by atoms with Crippen LogP contribution in [0.2, 0.25) is 0 Å². The van der Waals surface area contributed by atoms with Crippen LogP contribution >= 0.6 is 0 Å². The zero-order valence-electron chi connectivity index (χ0n) is 17.5. The summed E-state index contributed by atoms with van der Waals surface area (Å²) in [5.41, 5.74) is 13.3. The number of pyridine rings is 1. The summed E-state index contributed by atoms with van der Waals surface area (Å²) >= 11 is 0. The Morgan fingerprint density at radius 3 is 2.85 bits per heavy atom. The number of nitrogens with zero attached hydrogens (tertiary/aromatic N) is 6. The molecular weight excluding hydrogens is 427 g/mol. The number of carbonyl (C=O) groups excluding carboxylic acids is 1. The Balaban J connectivity index is 1.46. The third kappa shape index (κ3) is 3.91. The van der Waals surface area contributed by atoms with Gasteiger partial charge in [-0.05, 0) is 25.0 Å². The summed E-state index contributed by atoms with van der Waals surface area (Å²) in [6.07, 6.45) is 7.08. The van der Waals surface area contributed by atoms with Gasteiger partial charge in [-0.15, -0.1) is 0 Å². The molecule has 1 saturated heterocycles. The van der Waals surface area contributed by atoms with Gasteiger partial charge in [-0.25, -0.2) is 29.3 Å². The van der Waals surface area contributed by atoms with Crippen molar-refractivity contribution in [2.24, 2.45) is 5.73 Å². The number of aromatic amines is 1. The van der Waals surface area contributed by atoms with Crippen LogP contribution in [0.25, 0.3) is 22.4 Å². The molecule has 1 amide bonds. The van der Waals surface area contributed by atoms with Gasteiger partial charge in [0, 0.05) is 31.5 Å². The van der Waals surface area contributed by atoms with E-state index in [1.165, 1.54) is 18.7 Å². The predicted octanol–water partition coefficient (Wildman–Crippen LogP) is 1.71. The van der Waals surface area contributed by atoms with Crippen molar-refractivity contribution in [2.75, 3.05) is 29.0 Å². The largest absolute Gasteiger partial charge is 0.382 e. The summed E-state index contributed by atoms with van der Waals surface area (Å²) in [7, 11) is 0. The van der Waals surface area contributed by atoms with Crippen molar-refractivity contribution in [1.82, 2.24) is 29.9 Å². The van der Waals surface area contributed by atoms with Crippen LogP contribution in [0.4, 0.5) is 21.7 Å². The third-order valence-electron chi connectivity index (χ3n) is 5.58. The zero-order valence-corrected chi connectivity index (χ0v) is 17.5. The molecule has 0 spiro atoms. The molecule has 0 atom stereocenters. The first kappa shape index (κ1) is 20.7. The number of carbonyl (C=O) groups is 1. The van der Waals surface area contributed by atoms with E-state index < -0.39 is 11.7 Å². The Morgan fingerprint density at radius 2 is 2.03 bits per heavy atom. The second-order valence-electron chi connectivity index (χ2n) is 7.72. The van der Waals surface area contributed by atoms with Gasteiger partial charge in [0.1, 0.15) is 23.4 Å². The SMILES string of the molecule is Nc1ncc(-c2ncnc3[nH]cc(F)c23)nc1C(=O)Nc1ncccc1N1CCC(N)CC1. The average molecular weight is 448 g/mol. The van der Waals surface area contributed by atoms with Gasteiger partial charge in [0.15, 0.2) is 23.1 Å². The lowest BCUT2D eigenvalue weighted by Crippen LogP contribution is -2.40. The average Bonchev–Trinajstić information content (AvgIpc) is 3.21. The van der Waals surface area contributed by atoms with Crippen molar-refractivity contribution in [2.45, 2.75) is 18.9 Å². The number of piperidine rings is 1. The molecule has 6 N–H and O–H groups in total. The van der Waals surface area contributed by atoms with Crippen LogP contribution in [0.15, 0.2) is 37.1 Å². The Hall–Kier alpha value is -4.19. The Kier molecular flexibility index (Phi) is 5.26. The Bertz CT molecular complexity index is 1330. The van der Waals surface area contributed by atoms with Crippen LogP contribution in [-0.2, 0) is 0 Å². The molecule has 33 heavy (non-hydrogen) atoms. The third-order valence-corrected chi connectivity index (χ3v) is 5.58. The number of fused-ring (bicyclic) bond motifs is 1. The Morgan fingerprint density at radius 1 is 1.21 bits per heavy atom. The van der Waals surface area contributed by atoms with Crippen molar-refractivity contribution < 1.29 is 9.18 Å². The first-order valence-corrected chi connectivity index (χ1v) is 10.4. The molecule has 0 aromatic carbocycles. The normalized spacial score (nSPS) is 14.5. The number of nitrogen functional groups attached to an aromatic ring is 1. The minimum atomic E-state index is -0.588. The van der Waals surface area contributed by atoms with E-state index in [4.69, 9.17) is 11.5 Å². The predicted molar refractivity (Wildman–Crippen MR) is 121 cm³/mol. The molecule has 4 aromatic heterocycles. The number of hydrogen-bond acceptors (Lipinski definition) is 9. The molecular formula is C21H21FN10O. The van der Waals surface area contributed by atoms with Gasteiger partial charge in [-0.3, -0.25) is 4.79 Å². The van der Waals surface area contributed by atoms with Crippen LogP contribution in [0.5, 0.6) is 0 Å². The molecule has 5 rings (SSSR count). The molecule has 0 saturated carbocycles. The second-order valence-corrected chi connectivity index (χ2v) is 7.72. The van der Waals surface area contributed by atoms with Crippen molar-refractivity contribution in [3.63, 3.8) is 0 Å². The smallest absolute Gasteiger partial charge is 0.279 e. The van der Waals surface area contributed by atoms with E-state index in [-0.39, 0.29) is 34.3 Å². The highest BCUT2D eigenvalue weighted by Gasteiger charge is 2.23. The molecule has 5 heterocycles. The van der Waals surface area contributed by atoms with E-state index in [1.807, 2.05) is 6.07 Å². The number of halogens is 1. The second kappa shape index (κ2) is 8.39. The highest BCUT2D eigenvalue weighted by atomic mass is 19.1. The lowest BCUT2D eigenvalue weighted by Gasteiger charge is -2.32. The van der Waals surface area contributed by atoms with E-state index in [9.17, 15) is 9.18 Å². The molecule has 4 aromatic rings. The fourth-order valence-corrected chi connectivity index (χ4v) is 3.85. The molecule has 0 unspecified atom stereocenters. The highest BCUT2D eigenvalue weighted by Crippen LogP contribution is 2.28. The van der Waals surface area contributed by atoms with Gasteiger partial charge in [0.2, 0.25) is 0 Å². The first-order chi connectivity index (χ1) is 16.0. The molecule has 1 fully saturated rings. The molecule has 1 aliphatic rings. The van der Waals surface area contributed by atoms with Crippen LogP contribution in [0.3, 0.4) is 0 Å². The van der Waals surface area contributed by atoms with Gasteiger partial charge in [0.25, 0.3) is 5.91 Å². The number of hydrogen-bond donors (Lipinski definition) is 4. The fraction of sp³-hybridized carbons (Fsp3) is 0.238. The van der Waals surface area contributed by atoms with Crippen LogP contribution in [0, 0.1) is 5.82 Å². The molecule has 0 radical (unpaired) electrons. The number of H-pyrrole nitrogens is 1. The van der Waals surface area contributed by atoms with E-state index in [0.717, 1.165) is 31.6 Å². The molecule has 0 bridgehead atoms. The number of aromatic nitrogens is 6. The highest BCUT2D eigenvalue weighted by molar-refractivity contribution is 6.07. The zero-order chi connectivity index (χ0) is 22.9. The molecule has 168 valence electrons. The number of nitrogens with one attached hydrogen (secondary N) is 2. The summed E-state index contributed by atoms with van der Waals surface area (Å²) in [6.45, 7) is 1.53. The van der Waals surface area contributed by atoms with Gasteiger partial charge >= 0.3 is 0 Å². The van der Waals surface area contributed by atoms with Gasteiger partial charge < -0.3 is 26.7 Å². The minimum absolute atomic E-state index is 0.0717. The summed E-state index contributed by atoms with van der Waals surface area (Å²) in [6, 6.07) is 3.86. The summed E-state index contributed by atoms with van der Waals surface area (Å²) < 4.78 is 14.3.